The van der Waals surface area contributed by atoms with Gasteiger partial charge in [0.1, 0.15) is 0 Å². The van der Waals surface area contributed by atoms with E-state index in [0.717, 1.165) is 26.6 Å². The van der Waals surface area contributed by atoms with Gasteiger partial charge in [0.2, 0.25) is 0 Å². The fraction of sp³-hybridized carbons (Fsp3) is 0. The van der Waals surface area contributed by atoms with E-state index in [1.54, 1.807) is 12.4 Å². The summed E-state index contributed by atoms with van der Waals surface area (Å²) in [4.78, 5) is 4.38. The lowest BCUT2D eigenvalue weighted by Gasteiger charge is -2.04. The molecule has 2 aromatic carbocycles. The summed E-state index contributed by atoms with van der Waals surface area (Å²) in [6.45, 7) is 0. The Hall–Kier alpha value is -2.20. The lowest BCUT2D eigenvalue weighted by atomic mass is 10.2. The van der Waals surface area contributed by atoms with Crippen LogP contribution in [0.5, 0.6) is 0 Å². The SMILES string of the molecule is Brc1ccc(C=NNc2cccc3cccnc23)cc1. The molecule has 0 fully saturated rings. The van der Waals surface area contributed by atoms with E-state index in [4.69, 9.17) is 0 Å². The average molecular weight is 326 g/mol. The molecule has 0 atom stereocenters. The summed E-state index contributed by atoms with van der Waals surface area (Å²) in [6.07, 6.45) is 3.57. The summed E-state index contributed by atoms with van der Waals surface area (Å²) in [5.74, 6) is 0. The Morgan fingerprint density at radius 1 is 1.00 bits per heavy atom. The van der Waals surface area contributed by atoms with E-state index in [9.17, 15) is 0 Å². The minimum atomic E-state index is 0.900. The van der Waals surface area contributed by atoms with Gasteiger partial charge >= 0.3 is 0 Å². The number of aromatic nitrogens is 1. The third kappa shape index (κ3) is 2.86. The molecule has 3 aromatic rings. The zero-order valence-corrected chi connectivity index (χ0v) is 12.2. The maximum atomic E-state index is 4.38. The van der Waals surface area contributed by atoms with Gasteiger partial charge in [0.25, 0.3) is 0 Å². The monoisotopic (exact) mass is 325 g/mol. The minimum Gasteiger partial charge on any atom is -0.276 e. The number of hydrogen-bond donors (Lipinski definition) is 1. The van der Waals surface area contributed by atoms with E-state index in [-0.39, 0.29) is 0 Å². The Kier molecular flexibility index (Phi) is 3.74. The number of hydrogen-bond acceptors (Lipinski definition) is 3. The largest absolute Gasteiger partial charge is 0.276 e. The zero-order chi connectivity index (χ0) is 13.8. The Morgan fingerprint density at radius 2 is 1.80 bits per heavy atom. The minimum absolute atomic E-state index is 0.900. The molecule has 3 rings (SSSR count). The van der Waals surface area contributed by atoms with Gasteiger partial charge in [-0.3, -0.25) is 10.4 Å². The van der Waals surface area contributed by atoms with Crippen molar-refractivity contribution in [1.82, 2.24) is 4.98 Å². The van der Waals surface area contributed by atoms with Crippen molar-refractivity contribution in [1.29, 1.82) is 0 Å². The molecule has 20 heavy (non-hydrogen) atoms. The lowest BCUT2D eigenvalue weighted by Crippen LogP contribution is -1.92. The standard InChI is InChI=1S/C16H12BrN3/c17-14-8-6-12(7-9-14)11-19-20-15-5-1-3-13-4-2-10-18-16(13)15/h1-11,20H. The molecule has 0 radical (unpaired) electrons. The van der Waals surface area contributed by atoms with Crippen LogP contribution < -0.4 is 5.43 Å². The van der Waals surface area contributed by atoms with Gasteiger partial charge in [-0.05, 0) is 29.8 Å². The fourth-order valence-electron chi connectivity index (χ4n) is 1.92. The molecule has 0 unspecified atom stereocenters. The van der Waals surface area contributed by atoms with Crippen molar-refractivity contribution >= 4 is 38.7 Å². The molecule has 0 bridgehead atoms. The van der Waals surface area contributed by atoms with E-state index in [1.807, 2.05) is 54.6 Å². The topological polar surface area (TPSA) is 37.3 Å². The number of nitrogens with zero attached hydrogens (tertiary/aromatic N) is 2. The number of rotatable bonds is 3. The molecule has 1 aromatic heterocycles. The van der Waals surface area contributed by atoms with Crippen LogP contribution in [0.25, 0.3) is 10.9 Å². The normalized spacial score (nSPS) is 11.1. The highest BCUT2D eigenvalue weighted by Gasteiger charge is 1.99. The van der Waals surface area contributed by atoms with Gasteiger partial charge in [0.05, 0.1) is 17.4 Å². The van der Waals surface area contributed by atoms with Gasteiger partial charge in [0.15, 0.2) is 0 Å². The van der Waals surface area contributed by atoms with E-state index in [2.05, 4.69) is 31.4 Å². The summed E-state index contributed by atoms with van der Waals surface area (Å²) < 4.78 is 1.06. The first-order valence-corrected chi connectivity index (χ1v) is 7.00. The summed E-state index contributed by atoms with van der Waals surface area (Å²) >= 11 is 3.41. The Bertz CT molecular complexity index is 746. The molecule has 1 N–H and O–H groups in total. The second kappa shape index (κ2) is 5.84. The number of para-hydroxylation sites is 1. The highest BCUT2D eigenvalue weighted by molar-refractivity contribution is 9.10. The molecule has 3 nitrogen and oxygen atoms in total. The smallest absolute Gasteiger partial charge is 0.0951 e. The van der Waals surface area contributed by atoms with Crippen molar-refractivity contribution in [2.45, 2.75) is 0 Å². The van der Waals surface area contributed by atoms with E-state index >= 15 is 0 Å². The van der Waals surface area contributed by atoms with Crippen LogP contribution in [0.2, 0.25) is 0 Å². The maximum absolute atomic E-state index is 4.38. The molecule has 0 saturated carbocycles. The first-order chi connectivity index (χ1) is 9.83. The molecular formula is C16H12BrN3. The molecule has 0 amide bonds. The number of pyridine rings is 1. The predicted octanol–water partition coefficient (Wildman–Crippen LogP) is 4.44. The second-order valence-corrected chi connectivity index (χ2v) is 5.22. The summed E-state index contributed by atoms with van der Waals surface area (Å²) in [5, 5.41) is 5.36. The van der Waals surface area contributed by atoms with Crippen molar-refractivity contribution in [2.24, 2.45) is 5.10 Å². The van der Waals surface area contributed by atoms with Crippen molar-refractivity contribution < 1.29 is 0 Å². The van der Waals surface area contributed by atoms with Crippen molar-refractivity contribution in [3.8, 4) is 0 Å². The molecular weight excluding hydrogens is 314 g/mol. The van der Waals surface area contributed by atoms with Gasteiger partial charge in [-0.25, -0.2) is 0 Å². The van der Waals surface area contributed by atoms with Gasteiger partial charge in [-0.2, -0.15) is 5.10 Å². The lowest BCUT2D eigenvalue weighted by molar-refractivity contribution is 1.33. The molecule has 0 aliphatic heterocycles. The molecule has 0 aliphatic carbocycles. The van der Waals surface area contributed by atoms with Crippen LogP contribution >= 0.6 is 15.9 Å². The number of hydrazone groups is 1. The second-order valence-electron chi connectivity index (χ2n) is 4.30. The molecule has 0 spiro atoms. The van der Waals surface area contributed by atoms with Gasteiger partial charge < -0.3 is 0 Å². The third-order valence-corrected chi connectivity index (χ3v) is 3.43. The first-order valence-electron chi connectivity index (χ1n) is 6.21. The van der Waals surface area contributed by atoms with Crippen molar-refractivity contribution in [3.63, 3.8) is 0 Å². The average Bonchev–Trinajstić information content (AvgIpc) is 2.49. The van der Waals surface area contributed by atoms with Crippen LogP contribution in [0.15, 0.2) is 70.4 Å². The van der Waals surface area contributed by atoms with E-state index in [0.29, 0.717) is 0 Å². The van der Waals surface area contributed by atoms with Crippen LogP contribution in [-0.2, 0) is 0 Å². The Morgan fingerprint density at radius 3 is 2.65 bits per heavy atom. The Balaban J connectivity index is 1.81. The highest BCUT2D eigenvalue weighted by atomic mass is 79.9. The summed E-state index contributed by atoms with van der Waals surface area (Å²) in [6, 6.07) is 17.9. The van der Waals surface area contributed by atoms with Gasteiger partial charge in [-0.1, -0.05) is 46.3 Å². The summed E-state index contributed by atoms with van der Waals surface area (Å²) in [5.41, 5.74) is 5.90. The van der Waals surface area contributed by atoms with Crippen LogP contribution in [0.1, 0.15) is 5.56 Å². The molecule has 98 valence electrons. The third-order valence-electron chi connectivity index (χ3n) is 2.90. The molecule has 1 heterocycles. The number of nitrogens with one attached hydrogen (secondary N) is 1. The van der Waals surface area contributed by atoms with Crippen molar-refractivity contribution in [2.75, 3.05) is 5.43 Å². The van der Waals surface area contributed by atoms with Gasteiger partial charge in [-0.15, -0.1) is 0 Å². The first kappa shape index (κ1) is 12.8. The number of halogens is 1. The molecule has 0 aliphatic rings. The van der Waals surface area contributed by atoms with Gasteiger partial charge in [0, 0.05) is 16.1 Å². The van der Waals surface area contributed by atoms with Crippen LogP contribution in [0.3, 0.4) is 0 Å². The quantitative estimate of drug-likeness (QED) is 0.570. The van der Waals surface area contributed by atoms with Crippen LogP contribution in [-0.4, -0.2) is 11.2 Å². The summed E-state index contributed by atoms with van der Waals surface area (Å²) in [7, 11) is 0. The molecule has 0 saturated heterocycles. The number of anilines is 1. The van der Waals surface area contributed by atoms with E-state index < -0.39 is 0 Å². The fourth-order valence-corrected chi connectivity index (χ4v) is 2.18. The highest BCUT2D eigenvalue weighted by Crippen LogP contribution is 2.20. The predicted molar refractivity (Wildman–Crippen MR) is 87.1 cm³/mol. The zero-order valence-electron chi connectivity index (χ0n) is 10.6. The number of benzene rings is 2. The Labute approximate surface area is 125 Å². The molecule has 4 heteroatoms. The van der Waals surface area contributed by atoms with Crippen molar-refractivity contribution in [3.05, 3.63) is 70.8 Å². The van der Waals surface area contributed by atoms with Crippen LogP contribution in [0, 0.1) is 0 Å². The van der Waals surface area contributed by atoms with E-state index in [1.165, 1.54) is 0 Å². The maximum Gasteiger partial charge on any atom is 0.0951 e. The number of fused-ring (bicyclic) bond motifs is 1. The van der Waals surface area contributed by atoms with Crippen LogP contribution in [0.4, 0.5) is 5.69 Å².